The molecule has 0 fully saturated rings. The fraction of sp³-hybridized carbons (Fsp3) is 0.290. The van der Waals surface area contributed by atoms with Crippen molar-refractivity contribution in [2.24, 2.45) is 0 Å². The van der Waals surface area contributed by atoms with Crippen molar-refractivity contribution in [1.82, 2.24) is 14.3 Å². The Bertz CT molecular complexity index is 1440. The van der Waals surface area contributed by atoms with Crippen LogP contribution in [-0.4, -0.2) is 31.3 Å². The second-order valence-electron chi connectivity index (χ2n) is 9.43. The third-order valence-corrected chi connectivity index (χ3v) is 6.67. The predicted molar refractivity (Wildman–Crippen MR) is 148 cm³/mol. The van der Waals surface area contributed by atoms with E-state index in [4.69, 9.17) is 0 Å². The molecule has 0 amide bonds. The molecule has 1 N–H and O–H groups in total. The second kappa shape index (κ2) is 12.8. The number of hydrogen-bond donors (Lipinski definition) is 1. The average molecular weight is 512 g/mol. The molecule has 0 radical (unpaired) electrons. The Kier molecular flexibility index (Phi) is 9.03. The number of nitrogens with zero attached hydrogens (tertiary/aromatic N) is 3. The van der Waals surface area contributed by atoms with Gasteiger partial charge in [-0.1, -0.05) is 99.7 Å². The third-order valence-electron chi connectivity index (χ3n) is 6.67. The van der Waals surface area contributed by atoms with Gasteiger partial charge in [0.1, 0.15) is 5.82 Å². The van der Waals surface area contributed by atoms with E-state index in [1.165, 1.54) is 19.3 Å². The molecule has 7 nitrogen and oxygen atoms in total. The normalized spacial score (nSPS) is 11.0. The van der Waals surface area contributed by atoms with Crippen LogP contribution in [0.1, 0.15) is 77.6 Å². The van der Waals surface area contributed by atoms with Crippen LogP contribution in [0.4, 0.5) is 0 Å². The number of carboxylic acid groups (broad SMARTS) is 1. The fourth-order valence-corrected chi connectivity index (χ4v) is 4.57. The minimum absolute atomic E-state index is 0.235. The molecule has 0 saturated carbocycles. The molecule has 38 heavy (non-hydrogen) atoms. The highest BCUT2D eigenvalue weighted by atomic mass is 16.4. The van der Waals surface area contributed by atoms with E-state index in [0.717, 1.165) is 35.1 Å². The van der Waals surface area contributed by atoms with E-state index in [1.807, 2.05) is 36.4 Å². The van der Waals surface area contributed by atoms with Crippen LogP contribution >= 0.6 is 0 Å². The van der Waals surface area contributed by atoms with Crippen LogP contribution in [0, 0.1) is 0 Å². The van der Waals surface area contributed by atoms with Crippen molar-refractivity contribution in [1.29, 1.82) is 0 Å². The Hall–Kier alpha value is -4.26. The van der Waals surface area contributed by atoms with E-state index in [-0.39, 0.29) is 12.1 Å². The number of carbonyl (C=O) groups excluding carboxylic acids is 1. The van der Waals surface area contributed by atoms with E-state index in [9.17, 15) is 19.5 Å². The van der Waals surface area contributed by atoms with Crippen molar-refractivity contribution in [3.8, 4) is 11.1 Å². The summed E-state index contributed by atoms with van der Waals surface area (Å²) in [5, 5.41) is 14.0. The molecule has 196 valence electrons. The first-order valence-electron chi connectivity index (χ1n) is 13.2. The maximum Gasteiger partial charge on any atom is 0.353 e. The van der Waals surface area contributed by atoms with E-state index < -0.39 is 17.6 Å². The van der Waals surface area contributed by atoms with Gasteiger partial charge in [-0.3, -0.25) is 9.36 Å². The summed E-state index contributed by atoms with van der Waals surface area (Å²) < 4.78 is 2.55. The molecule has 4 rings (SSSR count). The van der Waals surface area contributed by atoms with Crippen LogP contribution in [-0.2, 0) is 13.0 Å². The molecule has 0 saturated heterocycles. The van der Waals surface area contributed by atoms with Crippen LogP contribution in [0.5, 0.6) is 0 Å². The van der Waals surface area contributed by atoms with Gasteiger partial charge in [-0.15, -0.1) is 9.78 Å². The zero-order chi connectivity index (χ0) is 26.9. The van der Waals surface area contributed by atoms with Gasteiger partial charge in [-0.2, -0.15) is 0 Å². The molecule has 0 aliphatic rings. The molecule has 0 atom stereocenters. The zero-order valence-corrected chi connectivity index (χ0v) is 21.7. The van der Waals surface area contributed by atoms with Crippen molar-refractivity contribution in [3.63, 3.8) is 0 Å². The number of aryl methyl sites for hydroxylation is 1. The Morgan fingerprint density at radius 2 is 1.47 bits per heavy atom. The molecule has 0 spiro atoms. The standard InChI is InChI=1S/C31H33N3O4/c1-2-3-4-5-6-10-17-28-32-34(29(35)25-13-8-7-9-14-25)31(38)33(28)22-23-18-20-24(21-19-23)26-15-11-12-16-27(26)30(36)37/h7-9,11-16,18-21H,2-6,10,17,22H2,1H3,(H,36,37). The van der Waals surface area contributed by atoms with Gasteiger partial charge in [-0.05, 0) is 41.3 Å². The Labute approximate surface area is 222 Å². The Morgan fingerprint density at radius 1 is 0.816 bits per heavy atom. The van der Waals surface area contributed by atoms with Gasteiger partial charge in [0.05, 0.1) is 12.1 Å². The number of carbonyl (C=O) groups is 2. The highest BCUT2D eigenvalue weighted by Crippen LogP contribution is 2.24. The lowest BCUT2D eigenvalue weighted by Crippen LogP contribution is -2.30. The van der Waals surface area contributed by atoms with Gasteiger partial charge < -0.3 is 5.11 Å². The lowest BCUT2D eigenvalue weighted by Gasteiger charge is -2.09. The lowest BCUT2D eigenvalue weighted by atomic mass is 9.99. The summed E-state index contributed by atoms with van der Waals surface area (Å²) in [6.45, 7) is 2.46. The molecule has 0 aliphatic heterocycles. The minimum atomic E-state index is -0.980. The van der Waals surface area contributed by atoms with Gasteiger partial charge in [0, 0.05) is 12.0 Å². The van der Waals surface area contributed by atoms with Crippen LogP contribution in [0.15, 0.2) is 83.7 Å². The highest BCUT2D eigenvalue weighted by molar-refractivity contribution is 5.96. The number of hydrogen-bond acceptors (Lipinski definition) is 4. The van der Waals surface area contributed by atoms with E-state index in [1.54, 1.807) is 47.0 Å². The van der Waals surface area contributed by atoms with E-state index in [2.05, 4.69) is 12.0 Å². The average Bonchev–Trinajstić information content (AvgIpc) is 3.25. The van der Waals surface area contributed by atoms with Gasteiger partial charge in [0.25, 0.3) is 5.91 Å². The summed E-state index contributed by atoms with van der Waals surface area (Å²) in [5.41, 5.74) is 2.46. The number of unbranched alkanes of at least 4 members (excludes halogenated alkanes) is 5. The number of rotatable bonds is 12. The molecule has 1 heterocycles. The topological polar surface area (TPSA) is 94.2 Å². The highest BCUT2D eigenvalue weighted by Gasteiger charge is 2.20. The largest absolute Gasteiger partial charge is 0.478 e. The molecule has 0 aliphatic carbocycles. The third kappa shape index (κ3) is 6.35. The predicted octanol–water partition coefficient (Wildman–Crippen LogP) is 6.05. The summed E-state index contributed by atoms with van der Waals surface area (Å²) in [5.74, 6) is -0.833. The molecule has 4 aromatic rings. The van der Waals surface area contributed by atoms with Gasteiger partial charge in [-0.25, -0.2) is 9.59 Å². The van der Waals surface area contributed by atoms with Gasteiger partial charge in [0.2, 0.25) is 0 Å². The molecular weight excluding hydrogens is 478 g/mol. The number of benzene rings is 3. The number of carboxylic acids is 1. The minimum Gasteiger partial charge on any atom is -0.478 e. The molecule has 0 bridgehead atoms. The summed E-state index contributed by atoms with van der Waals surface area (Å²) >= 11 is 0. The number of aromatic carboxylic acids is 1. The Morgan fingerprint density at radius 3 is 2.18 bits per heavy atom. The molecule has 1 aromatic heterocycles. The quantitative estimate of drug-likeness (QED) is 0.234. The van der Waals surface area contributed by atoms with Crippen LogP contribution in [0.25, 0.3) is 11.1 Å². The van der Waals surface area contributed by atoms with Crippen molar-refractivity contribution < 1.29 is 14.7 Å². The van der Waals surface area contributed by atoms with Crippen molar-refractivity contribution >= 4 is 11.9 Å². The smallest absolute Gasteiger partial charge is 0.353 e. The zero-order valence-electron chi connectivity index (χ0n) is 21.7. The summed E-state index contributed by atoms with van der Waals surface area (Å²) in [6.07, 6.45) is 7.29. The monoisotopic (exact) mass is 511 g/mol. The SMILES string of the molecule is CCCCCCCCc1nn(C(=O)c2ccccc2)c(=O)n1Cc1ccc(-c2ccccc2C(=O)O)cc1. The van der Waals surface area contributed by atoms with Crippen molar-refractivity contribution in [2.45, 2.75) is 58.4 Å². The molecule has 7 heteroatoms. The van der Waals surface area contributed by atoms with Crippen LogP contribution < -0.4 is 5.69 Å². The first-order valence-corrected chi connectivity index (χ1v) is 13.2. The van der Waals surface area contributed by atoms with Crippen molar-refractivity contribution in [3.05, 3.63) is 112 Å². The fourth-order valence-electron chi connectivity index (χ4n) is 4.57. The first-order chi connectivity index (χ1) is 18.5. The number of aromatic nitrogens is 3. The van der Waals surface area contributed by atoms with Crippen LogP contribution in [0.3, 0.4) is 0 Å². The van der Waals surface area contributed by atoms with E-state index >= 15 is 0 Å². The summed E-state index contributed by atoms with van der Waals surface area (Å²) in [4.78, 5) is 38.1. The van der Waals surface area contributed by atoms with Crippen molar-refractivity contribution in [2.75, 3.05) is 0 Å². The Balaban J connectivity index is 1.59. The van der Waals surface area contributed by atoms with Gasteiger partial charge >= 0.3 is 11.7 Å². The summed E-state index contributed by atoms with van der Waals surface area (Å²) in [6, 6.07) is 23.0. The van der Waals surface area contributed by atoms with E-state index in [0.29, 0.717) is 23.4 Å². The van der Waals surface area contributed by atoms with Gasteiger partial charge in [0.15, 0.2) is 0 Å². The molecular formula is C31H33N3O4. The molecule has 3 aromatic carbocycles. The second-order valence-corrected chi connectivity index (χ2v) is 9.43. The summed E-state index contributed by atoms with van der Waals surface area (Å²) in [7, 11) is 0. The lowest BCUT2D eigenvalue weighted by molar-refractivity contribution is 0.0697. The maximum absolute atomic E-state index is 13.4. The molecule has 0 unspecified atom stereocenters. The van der Waals surface area contributed by atoms with Crippen LogP contribution in [0.2, 0.25) is 0 Å². The maximum atomic E-state index is 13.4. The first kappa shape index (κ1) is 26.8.